The lowest BCUT2D eigenvalue weighted by molar-refractivity contribution is 0.0656. The summed E-state index contributed by atoms with van der Waals surface area (Å²) >= 11 is 0. The number of aromatic nitrogens is 1. The molecule has 0 N–H and O–H groups in total. The minimum Gasteiger partial charge on any atom is -0.287 e. The Bertz CT molecular complexity index is 1060. The molecule has 4 rings (SSSR count). The number of amides is 2. The van der Waals surface area contributed by atoms with Crippen molar-refractivity contribution in [2.75, 3.05) is 6.54 Å². The lowest BCUT2D eigenvalue weighted by Crippen LogP contribution is -2.32. The van der Waals surface area contributed by atoms with E-state index in [1.54, 1.807) is 36.4 Å². The molecule has 1 aliphatic rings. The van der Waals surface area contributed by atoms with Crippen LogP contribution >= 0.6 is 0 Å². The number of hydrogen-bond acceptors (Lipinski definition) is 4. The van der Waals surface area contributed by atoms with Crippen LogP contribution in [0.5, 0.6) is 0 Å². The maximum Gasteiger partial charge on any atom is 0.261 e. The molecule has 1 aromatic heterocycles. The third kappa shape index (κ3) is 3.09. The molecule has 0 aliphatic carbocycles. The van der Waals surface area contributed by atoms with Crippen LogP contribution < -0.4 is 0 Å². The molecular weight excluding hydrogens is 359 g/mol. The van der Waals surface area contributed by atoms with Crippen molar-refractivity contribution in [3.63, 3.8) is 0 Å². The molecule has 0 bridgehead atoms. The second kappa shape index (κ2) is 7.15. The molecule has 3 aromatic rings. The van der Waals surface area contributed by atoms with Crippen LogP contribution in [0, 0.1) is 5.82 Å². The summed E-state index contributed by atoms with van der Waals surface area (Å²) in [5, 5.41) is 0. The lowest BCUT2D eigenvalue weighted by Gasteiger charge is -2.15. The number of pyridine rings is 1. The van der Waals surface area contributed by atoms with Crippen molar-refractivity contribution in [1.82, 2.24) is 9.88 Å². The van der Waals surface area contributed by atoms with Crippen LogP contribution in [0.15, 0.2) is 66.9 Å². The first kappa shape index (κ1) is 17.7. The van der Waals surface area contributed by atoms with Gasteiger partial charge < -0.3 is 0 Å². The number of carbonyl (C=O) groups excluding carboxylic acids is 3. The van der Waals surface area contributed by atoms with Crippen molar-refractivity contribution < 1.29 is 18.8 Å². The van der Waals surface area contributed by atoms with Gasteiger partial charge in [0.2, 0.25) is 5.78 Å². The minimum atomic E-state index is -0.427. The molecule has 2 heterocycles. The largest absolute Gasteiger partial charge is 0.287 e. The highest BCUT2D eigenvalue weighted by molar-refractivity contribution is 6.21. The van der Waals surface area contributed by atoms with Gasteiger partial charge in [-0.25, -0.2) is 4.39 Å². The summed E-state index contributed by atoms with van der Waals surface area (Å²) in [6, 6.07) is 15.4. The van der Waals surface area contributed by atoms with Gasteiger partial charge >= 0.3 is 0 Å². The van der Waals surface area contributed by atoms with E-state index in [0.717, 1.165) is 0 Å². The molecule has 1 aliphatic heterocycles. The van der Waals surface area contributed by atoms with Crippen LogP contribution in [0.4, 0.5) is 4.39 Å². The van der Waals surface area contributed by atoms with E-state index in [-0.39, 0.29) is 29.8 Å². The summed E-state index contributed by atoms with van der Waals surface area (Å²) < 4.78 is 13.1. The Morgan fingerprint density at radius 2 is 1.54 bits per heavy atom. The maximum absolute atomic E-state index is 13.1. The van der Waals surface area contributed by atoms with E-state index in [4.69, 9.17) is 0 Å². The van der Waals surface area contributed by atoms with E-state index >= 15 is 0 Å². The SMILES string of the molecule is O=C(c1ccc(F)cc1)c1ncccc1CCN1C(=O)c2ccccc2C1=O. The molecule has 5 nitrogen and oxygen atoms in total. The molecule has 28 heavy (non-hydrogen) atoms. The fourth-order valence-corrected chi connectivity index (χ4v) is 3.26. The number of rotatable bonds is 5. The van der Waals surface area contributed by atoms with Crippen molar-refractivity contribution >= 4 is 17.6 Å². The van der Waals surface area contributed by atoms with Crippen molar-refractivity contribution in [1.29, 1.82) is 0 Å². The topological polar surface area (TPSA) is 67.3 Å². The number of ketones is 1. The first-order valence-electron chi connectivity index (χ1n) is 8.75. The predicted molar refractivity (Wildman–Crippen MR) is 99.6 cm³/mol. The maximum atomic E-state index is 13.1. The number of fused-ring (bicyclic) bond motifs is 1. The smallest absolute Gasteiger partial charge is 0.261 e. The fourth-order valence-electron chi connectivity index (χ4n) is 3.26. The Morgan fingerprint density at radius 3 is 2.18 bits per heavy atom. The highest BCUT2D eigenvalue weighted by atomic mass is 19.1. The van der Waals surface area contributed by atoms with Crippen LogP contribution in [0.3, 0.4) is 0 Å². The number of hydrogen-bond donors (Lipinski definition) is 0. The fraction of sp³-hybridized carbons (Fsp3) is 0.0909. The van der Waals surface area contributed by atoms with Crippen molar-refractivity contribution in [2.24, 2.45) is 0 Å². The highest BCUT2D eigenvalue weighted by Crippen LogP contribution is 2.23. The Kier molecular flexibility index (Phi) is 4.53. The molecule has 0 saturated carbocycles. The van der Waals surface area contributed by atoms with Gasteiger partial charge in [-0.2, -0.15) is 0 Å². The van der Waals surface area contributed by atoms with E-state index in [2.05, 4.69) is 4.98 Å². The van der Waals surface area contributed by atoms with Crippen molar-refractivity contribution in [3.05, 3.63) is 101 Å². The molecule has 0 saturated heterocycles. The van der Waals surface area contributed by atoms with E-state index < -0.39 is 5.82 Å². The average molecular weight is 374 g/mol. The van der Waals surface area contributed by atoms with E-state index in [0.29, 0.717) is 28.7 Å². The van der Waals surface area contributed by atoms with Gasteiger partial charge in [-0.3, -0.25) is 24.3 Å². The molecule has 0 fully saturated rings. The third-order valence-corrected chi connectivity index (χ3v) is 4.70. The van der Waals surface area contributed by atoms with Gasteiger partial charge in [-0.05, 0) is 54.4 Å². The summed E-state index contributed by atoms with van der Waals surface area (Å²) in [5.74, 6) is -1.44. The quantitative estimate of drug-likeness (QED) is 0.508. The minimum absolute atomic E-state index is 0.141. The Labute approximate surface area is 160 Å². The van der Waals surface area contributed by atoms with Crippen LogP contribution in [-0.2, 0) is 6.42 Å². The van der Waals surface area contributed by atoms with Gasteiger partial charge in [0.05, 0.1) is 11.1 Å². The number of benzene rings is 2. The monoisotopic (exact) mass is 374 g/mol. The summed E-state index contributed by atoms with van der Waals surface area (Å²) in [4.78, 5) is 43.1. The van der Waals surface area contributed by atoms with Gasteiger partial charge in [0.15, 0.2) is 0 Å². The summed E-state index contributed by atoms with van der Waals surface area (Å²) in [7, 11) is 0. The van der Waals surface area contributed by atoms with Gasteiger partial charge in [-0.1, -0.05) is 18.2 Å². The second-order valence-electron chi connectivity index (χ2n) is 6.40. The van der Waals surface area contributed by atoms with Crippen LogP contribution in [0.25, 0.3) is 0 Å². The molecule has 0 spiro atoms. The Morgan fingerprint density at radius 1 is 0.893 bits per heavy atom. The molecule has 0 atom stereocenters. The normalized spacial score (nSPS) is 13.0. The number of imide groups is 1. The second-order valence-corrected chi connectivity index (χ2v) is 6.40. The van der Waals surface area contributed by atoms with E-state index in [1.165, 1.54) is 35.4 Å². The van der Waals surface area contributed by atoms with Crippen LogP contribution in [0.1, 0.15) is 42.3 Å². The number of nitrogens with zero attached hydrogens (tertiary/aromatic N) is 2. The zero-order chi connectivity index (χ0) is 19.7. The van der Waals surface area contributed by atoms with Crippen molar-refractivity contribution in [3.8, 4) is 0 Å². The summed E-state index contributed by atoms with van der Waals surface area (Å²) in [5.41, 5.74) is 1.95. The molecule has 138 valence electrons. The third-order valence-electron chi connectivity index (χ3n) is 4.70. The molecular formula is C22H15FN2O3. The summed E-state index contributed by atoms with van der Waals surface area (Å²) in [6.07, 6.45) is 1.80. The van der Waals surface area contributed by atoms with Crippen LogP contribution in [0.2, 0.25) is 0 Å². The van der Waals surface area contributed by atoms with E-state index in [9.17, 15) is 18.8 Å². The summed E-state index contributed by atoms with van der Waals surface area (Å²) in [6.45, 7) is 0.141. The van der Waals surface area contributed by atoms with Gasteiger partial charge in [0.1, 0.15) is 11.5 Å². The molecule has 0 radical (unpaired) electrons. The zero-order valence-electron chi connectivity index (χ0n) is 14.8. The first-order valence-corrected chi connectivity index (χ1v) is 8.75. The molecule has 6 heteroatoms. The predicted octanol–water partition coefficient (Wildman–Crippen LogP) is 3.29. The zero-order valence-corrected chi connectivity index (χ0v) is 14.8. The highest BCUT2D eigenvalue weighted by Gasteiger charge is 2.34. The van der Waals surface area contributed by atoms with Crippen LogP contribution in [-0.4, -0.2) is 34.0 Å². The Balaban J connectivity index is 1.56. The van der Waals surface area contributed by atoms with Gasteiger partial charge in [-0.15, -0.1) is 0 Å². The van der Waals surface area contributed by atoms with Gasteiger partial charge in [0, 0.05) is 18.3 Å². The molecule has 0 unspecified atom stereocenters. The standard InChI is InChI=1S/C22H15FN2O3/c23-16-9-7-15(8-10-16)20(26)19-14(4-3-12-24-19)11-13-25-21(27)17-5-1-2-6-18(17)22(25)28/h1-10,12H,11,13H2. The van der Waals surface area contributed by atoms with Crippen molar-refractivity contribution in [2.45, 2.75) is 6.42 Å². The number of carbonyl (C=O) groups is 3. The molecule has 2 amide bonds. The first-order chi connectivity index (χ1) is 13.6. The molecule has 2 aromatic carbocycles. The average Bonchev–Trinajstić information content (AvgIpc) is 2.97. The lowest BCUT2D eigenvalue weighted by atomic mass is 10.0. The number of halogens is 1. The van der Waals surface area contributed by atoms with Gasteiger partial charge in [0.25, 0.3) is 11.8 Å². The van der Waals surface area contributed by atoms with E-state index in [1.807, 2.05) is 0 Å². The Hall–Kier alpha value is -3.67.